The molecule has 3 saturated heterocycles. The van der Waals surface area contributed by atoms with Crippen molar-refractivity contribution in [2.75, 3.05) is 68.3 Å². The summed E-state index contributed by atoms with van der Waals surface area (Å²) in [5.41, 5.74) is 5.80. The normalized spacial score (nSPS) is 19.1. The van der Waals surface area contributed by atoms with Crippen molar-refractivity contribution < 1.29 is 50.7 Å². The molecule has 7 heterocycles. The van der Waals surface area contributed by atoms with E-state index in [9.17, 15) is 32.6 Å². The van der Waals surface area contributed by atoms with Crippen LogP contribution in [0, 0.1) is 24.5 Å². The minimum absolute atomic E-state index is 0.0178. The fraction of sp³-hybridized carbons (Fsp3) is 0.370. The molecular weight excluding hydrogens is 1040 g/mol. The molecular formula is C54H56F3N10O8S2-. The van der Waals surface area contributed by atoms with Gasteiger partial charge < -0.3 is 39.0 Å². The number of hydrazine groups is 1. The van der Waals surface area contributed by atoms with E-state index in [1.54, 1.807) is 29.7 Å². The number of carbonyl (C=O) groups excluding carboxylic acids is 3. The predicted octanol–water partition coefficient (Wildman–Crippen LogP) is 6.94. The Morgan fingerprint density at radius 3 is 2.43 bits per heavy atom. The zero-order valence-electron chi connectivity index (χ0n) is 42.4. The molecule has 0 saturated carbocycles. The van der Waals surface area contributed by atoms with Crippen molar-refractivity contribution in [3.8, 4) is 27.4 Å². The Balaban J connectivity index is 0.712. The Labute approximate surface area is 448 Å². The highest BCUT2D eigenvalue weighted by Gasteiger charge is 2.43. The van der Waals surface area contributed by atoms with E-state index in [0.29, 0.717) is 39.9 Å². The highest BCUT2D eigenvalue weighted by Crippen LogP contribution is 2.35. The van der Waals surface area contributed by atoms with E-state index < -0.39 is 64.2 Å². The molecule has 0 spiro atoms. The predicted molar refractivity (Wildman–Crippen MR) is 282 cm³/mol. The lowest BCUT2D eigenvalue weighted by Crippen LogP contribution is -2.48. The third-order valence-corrected chi connectivity index (χ3v) is 16.1. The fourth-order valence-corrected chi connectivity index (χ4v) is 11.8. The Morgan fingerprint density at radius 1 is 0.987 bits per heavy atom. The van der Waals surface area contributed by atoms with Crippen molar-refractivity contribution in [2.24, 2.45) is 5.92 Å². The van der Waals surface area contributed by atoms with Gasteiger partial charge >= 0.3 is 0 Å². The number of aliphatic hydroxyl groups is 1. The Morgan fingerprint density at radius 2 is 1.74 bits per heavy atom. The molecule has 18 nitrogen and oxygen atoms in total. The number of aromatic amines is 1. The number of nitrogens with zero attached hydrogens (tertiary/aromatic N) is 8. The molecule has 3 aliphatic heterocycles. The third-order valence-electron chi connectivity index (χ3n) is 14.4. The quantitative estimate of drug-likeness (QED) is 0.0587. The largest absolute Gasteiger partial charge is 0.754 e. The zero-order valence-corrected chi connectivity index (χ0v) is 44.0. The monoisotopic (exact) mass is 1090 g/mol. The number of halogens is 3. The second-order valence-corrected chi connectivity index (χ2v) is 21.4. The lowest BCUT2D eigenvalue weighted by molar-refractivity contribution is -0.141. The number of aromatic nitrogens is 4. The molecule has 3 aliphatic rings. The number of β-amino-alcohol motifs (C(OH)–C–C–N with tert-alkyl or cyclic N) is 1. The van der Waals surface area contributed by atoms with Crippen molar-refractivity contribution in [3.05, 3.63) is 130 Å². The maximum Gasteiger partial charge on any atom is 0.254 e. The van der Waals surface area contributed by atoms with Gasteiger partial charge in [0.2, 0.25) is 17.6 Å². The number of aryl methyl sites for hydroxylation is 1. The number of hydrogen-bond acceptors (Lipinski definition) is 15. The molecule has 2 amide bonds. The van der Waals surface area contributed by atoms with Gasteiger partial charge in [-0.05, 0) is 71.4 Å². The highest BCUT2D eigenvalue weighted by molar-refractivity contribution is 7.80. The first kappa shape index (κ1) is 53.4. The first-order valence-electron chi connectivity index (χ1n) is 25.3. The minimum Gasteiger partial charge on any atom is -0.754 e. The van der Waals surface area contributed by atoms with Crippen LogP contribution in [0.25, 0.3) is 32.6 Å². The molecule has 1 unspecified atom stereocenters. The summed E-state index contributed by atoms with van der Waals surface area (Å²) >= 11 is -1.52. The molecule has 7 aromatic rings. The number of rotatable bonds is 18. The zero-order chi connectivity index (χ0) is 54.1. The van der Waals surface area contributed by atoms with Crippen LogP contribution in [-0.4, -0.2) is 144 Å². The second kappa shape index (κ2) is 22.9. The summed E-state index contributed by atoms with van der Waals surface area (Å²) in [6.45, 7) is 9.63. The van der Waals surface area contributed by atoms with Gasteiger partial charge in [0.1, 0.15) is 41.9 Å². The van der Waals surface area contributed by atoms with Crippen LogP contribution in [0.15, 0.2) is 95.2 Å². The van der Waals surface area contributed by atoms with Crippen molar-refractivity contribution in [1.29, 1.82) is 0 Å². The summed E-state index contributed by atoms with van der Waals surface area (Å²) in [6.07, 6.45) is 0.884. The molecule has 4 aromatic heterocycles. The number of alkyl halides is 1. The number of aliphatic hydroxyl groups excluding tert-OH is 1. The van der Waals surface area contributed by atoms with Crippen LogP contribution in [0.3, 0.4) is 0 Å². The highest BCUT2D eigenvalue weighted by atomic mass is 32.2. The first-order chi connectivity index (χ1) is 37.1. The van der Waals surface area contributed by atoms with Gasteiger partial charge in [-0.15, -0.1) is 11.3 Å². The van der Waals surface area contributed by atoms with Gasteiger partial charge in [0, 0.05) is 99.4 Å². The molecule has 10 rings (SSSR count). The average molecular weight is 1090 g/mol. The van der Waals surface area contributed by atoms with Gasteiger partial charge in [-0.2, -0.15) is 0 Å². The summed E-state index contributed by atoms with van der Waals surface area (Å²) in [5.74, 6) is -4.72. The van der Waals surface area contributed by atoms with Crippen molar-refractivity contribution in [2.45, 2.75) is 64.4 Å². The van der Waals surface area contributed by atoms with Gasteiger partial charge in [-0.25, -0.2) is 32.6 Å². The number of thiazole rings is 1. The van der Waals surface area contributed by atoms with Gasteiger partial charge in [-0.1, -0.05) is 50.2 Å². The van der Waals surface area contributed by atoms with Crippen LogP contribution in [0.4, 0.5) is 24.5 Å². The van der Waals surface area contributed by atoms with Crippen LogP contribution in [0.2, 0.25) is 0 Å². The second-order valence-electron chi connectivity index (χ2n) is 19.8. The Hall–Kier alpha value is -7.02. The number of piperazine rings is 1. The Bertz CT molecular complexity index is 3290. The summed E-state index contributed by atoms with van der Waals surface area (Å²) in [7, 11) is 0. The molecule has 0 radical (unpaired) electrons. The number of hydrogen-bond donors (Lipinski definition) is 3. The van der Waals surface area contributed by atoms with Crippen LogP contribution in [0.1, 0.15) is 65.5 Å². The number of H-pyrrole nitrogens is 1. The van der Waals surface area contributed by atoms with E-state index in [4.69, 9.17) is 9.26 Å². The van der Waals surface area contributed by atoms with Crippen molar-refractivity contribution >= 4 is 62.6 Å². The summed E-state index contributed by atoms with van der Waals surface area (Å²) in [6, 6.07) is 19.9. The number of amides is 2. The molecule has 0 aliphatic carbocycles. The molecule has 3 aromatic carbocycles. The number of pyridine rings is 1. The summed E-state index contributed by atoms with van der Waals surface area (Å²) in [4.78, 5) is 60.3. The van der Waals surface area contributed by atoms with Gasteiger partial charge in [0.15, 0.2) is 11.6 Å². The molecule has 23 heteroatoms. The first-order valence-corrected chi connectivity index (χ1v) is 27.2. The number of benzene rings is 3. The molecule has 0 bridgehead atoms. The van der Waals surface area contributed by atoms with Crippen LogP contribution in [-0.2, 0) is 27.4 Å². The molecule has 404 valence electrons. The molecule has 5 atom stereocenters. The number of nitrogens with one attached hydrogen (secondary N) is 2. The summed E-state index contributed by atoms with van der Waals surface area (Å²) in [5, 5.41) is 19.1. The van der Waals surface area contributed by atoms with E-state index in [-0.39, 0.29) is 68.2 Å². The van der Waals surface area contributed by atoms with Gasteiger partial charge in [0.25, 0.3) is 5.88 Å². The molecule has 77 heavy (non-hydrogen) atoms. The number of ether oxygens (including phenoxy) is 1. The van der Waals surface area contributed by atoms with Crippen LogP contribution < -0.4 is 19.4 Å². The van der Waals surface area contributed by atoms with Crippen molar-refractivity contribution in [1.82, 2.24) is 40.2 Å². The Kier molecular flexibility index (Phi) is 15.9. The maximum absolute atomic E-state index is 16.1. The average Bonchev–Trinajstić information content (AvgIpc) is 4.34. The number of anilines is 2. The van der Waals surface area contributed by atoms with E-state index in [1.807, 2.05) is 74.8 Å². The topological polar surface area (TPSA) is 217 Å². The lowest BCUT2D eigenvalue weighted by Gasteiger charge is -2.36. The number of carbonyl (C=O) groups is 3. The van der Waals surface area contributed by atoms with E-state index in [1.165, 1.54) is 11.1 Å². The SMILES string of the molecule is Cc1ncsc1-c1ccc(CNC(=O)[C@@H]2C[C@@H](O)CN2C(=O)[C@@H](c2cc(OCCN3CCN(c4ccc(-c5cnc6[nH]cc(C(=O)c7c(F)ccc(N(N8CC[C@@H](F)C8)S(=O)[O-])c7F)c6c5)cc4)CC3)no2)C(C)C)cc1. The minimum atomic E-state index is -3.09. The van der Waals surface area contributed by atoms with E-state index >= 15 is 8.78 Å². The van der Waals surface area contributed by atoms with E-state index in [0.717, 1.165) is 76.3 Å². The van der Waals surface area contributed by atoms with Crippen molar-refractivity contribution in [3.63, 3.8) is 0 Å². The van der Waals surface area contributed by atoms with Crippen LogP contribution >= 0.6 is 11.3 Å². The lowest BCUT2D eigenvalue weighted by atomic mass is 9.91. The smallest absolute Gasteiger partial charge is 0.254 e. The number of likely N-dealkylation sites (tertiary alicyclic amines) is 1. The molecule has 3 N–H and O–H groups in total. The van der Waals surface area contributed by atoms with Gasteiger partial charge in [-0.3, -0.25) is 23.5 Å². The third kappa shape index (κ3) is 11.4. The van der Waals surface area contributed by atoms with E-state index in [2.05, 4.69) is 35.2 Å². The van der Waals surface area contributed by atoms with Crippen LogP contribution in [0.5, 0.6) is 5.88 Å². The standard InChI is InChI=1S/C54H57F3N10O8S2/c1-31(2)47(54(71)66-29-39(68)23-44(66)53(70)60-25-33-4-6-35(7-5-33)51-32(3)61-30-76-51)45-24-46(62-75-45)74-21-20-63-16-18-64(19-17-63)38-10-8-34(9-11-38)36-22-40-41(27-59-52(40)58-26-36)50(69)48-42(56)12-13-43(49(48)57)67(77(72)73)65-15-14-37(55)28-65/h4-13,22,24,26-27,30-31,37,39,44,47,68H,14-21,23,25,28-29H2,1-3H3,(H,58,59)(H,60,70)(H,72,73)/p-1/t37-,39-,44+,47-/m1/s1. The fourth-order valence-electron chi connectivity index (χ4n) is 10.3. The molecule has 3 fully saturated rings. The summed E-state index contributed by atoms with van der Waals surface area (Å²) < 4.78 is 82.0. The number of fused-ring (bicyclic) bond motifs is 1. The number of ketones is 1. The maximum atomic E-state index is 16.1. The van der Waals surface area contributed by atoms with Gasteiger partial charge in [0.05, 0.1) is 45.6 Å².